The van der Waals surface area contributed by atoms with Gasteiger partial charge in [0.05, 0.1) is 5.56 Å². The minimum atomic E-state index is -4.59. The van der Waals surface area contributed by atoms with Gasteiger partial charge in [0.2, 0.25) is 0 Å². The molecule has 94 valence electrons. The standard InChI is InChI=1S/C13H8F4O/c14-11-6-9(5-10(7-11)13(15,16)17)8-1-3-12(18)4-2-8/h1-7,18H. The van der Waals surface area contributed by atoms with E-state index in [4.69, 9.17) is 5.11 Å². The van der Waals surface area contributed by atoms with E-state index in [-0.39, 0.29) is 11.3 Å². The Morgan fingerprint density at radius 3 is 2.00 bits per heavy atom. The minimum absolute atomic E-state index is 0.00815. The third-order valence-electron chi connectivity index (χ3n) is 2.43. The molecule has 0 aliphatic rings. The molecule has 0 aliphatic heterocycles. The van der Waals surface area contributed by atoms with E-state index in [1.165, 1.54) is 24.3 Å². The molecule has 5 heteroatoms. The number of hydrogen-bond donors (Lipinski definition) is 1. The fourth-order valence-electron chi connectivity index (χ4n) is 1.57. The molecule has 2 aromatic carbocycles. The highest BCUT2D eigenvalue weighted by Gasteiger charge is 2.31. The SMILES string of the molecule is Oc1ccc(-c2cc(F)cc(C(F)(F)F)c2)cc1. The highest BCUT2D eigenvalue weighted by Crippen LogP contribution is 2.33. The number of aromatic hydroxyl groups is 1. The molecule has 0 radical (unpaired) electrons. The van der Waals surface area contributed by atoms with E-state index in [9.17, 15) is 17.6 Å². The Labute approximate surface area is 100 Å². The predicted octanol–water partition coefficient (Wildman–Crippen LogP) is 4.22. The quantitative estimate of drug-likeness (QED) is 0.757. The molecule has 2 aromatic rings. The average molecular weight is 256 g/mol. The molecule has 1 N–H and O–H groups in total. The van der Waals surface area contributed by atoms with Gasteiger partial charge in [-0.15, -0.1) is 0 Å². The van der Waals surface area contributed by atoms with Gasteiger partial charge in [-0.3, -0.25) is 0 Å². The van der Waals surface area contributed by atoms with Crippen LogP contribution in [-0.4, -0.2) is 5.11 Å². The van der Waals surface area contributed by atoms with Crippen molar-refractivity contribution in [1.29, 1.82) is 0 Å². The second kappa shape index (κ2) is 4.33. The first kappa shape index (κ1) is 12.4. The Morgan fingerprint density at radius 1 is 0.833 bits per heavy atom. The monoisotopic (exact) mass is 256 g/mol. The van der Waals surface area contributed by atoms with Gasteiger partial charge in [-0.25, -0.2) is 4.39 Å². The van der Waals surface area contributed by atoms with Crippen molar-refractivity contribution < 1.29 is 22.7 Å². The first-order chi connectivity index (χ1) is 8.36. The number of rotatable bonds is 1. The van der Waals surface area contributed by atoms with Crippen LogP contribution in [0.25, 0.3) is 11.1 Å². The Bertz CT molecular complexity index is 558. The topological polar surface area (TPSA) is 20.2 Å². The third kappa shape index (κ3) is 2.61. The first-order valence-corrected chi connectivity index (χ1v) is 5.03. The highest BCUT2D eigenvalue weighted by atomic mass is 19.4. The van der Waals surface area contributed by atoms with E-state index in [0.29, 0.717) is 11.6 Å². The summed E-state index contributed by atoms with van der Waals surface area (Å²) in [6.07, 6.45) is -4.59. The fourth-order valence-corrected chi connectivity index (χ4v) is 1.57. The molecule has 0 saturated carbocycles. The molecule has 1 nitrogen and oxygen atoms in total. The van der Waals surface area contributed by atoms with Crippen LogP contribution in [0.2, 0.25) is 0 Å². The molecule has 0 saturated heterocycles. The van der Waals surface area contributed by atoms with E-state index in [2.05, 4.69) is 0 Å². The average Bonchev–Trinajstić information content (AvgIpc) is 2.28. The molecular formula is C13H8F4O. The van der Waals surface area contributed by atoms with Crippen molar-refractivity contribution in [2.75, 3.05) is 0 Å². The summed E-state index contributed by atoms with van der Waals surface area (Å²) in [5, 5.41) is 9.09. The Hall–Kier alpha value is -2.04. The van der Waals surface area contributed by atoms with Gasteiger partial charge in [0.15, 0.2) is 0 Å². The summed E-state index contributed by atoms with van der Waals surface area (Å²) >= 11 is 0. The van der Waals surface area contributed by atoms with Crippen LogP contribution >= 0.6 is 0 Å². The summed E-state index contributed by atoms with van der Waals surface area (Å²) < 4.78 is 50.7. The van der Waals surface area contributed by atoms with Gasteiger partial charge in [-0.2, -0.15) is 13.2 Å². The van der Waals surface area contributed by atoms with Crippen LogP contribution in [0.15, 0.2) is 42.5 Å². The maximum atomic E-state index is 13.2. The molecule has 0 aromatic heterocycles. The Kier molecular flexibility index (Phi) is 2.98. The van der Waals surface area contributed by atoms with Crippen molar-refractivity contribution >= 4 is 0 Å². The molecule has 0 spiro atoms. The largest absolute Gasteiger partial charge is 0.508 e. The van der Waals surface area contributed by atoms with Gasteiger partial charge in [-0.1, -0.05) is 12.1 Å². The number of phenolic OH excluding ortho intramolecular Hbond substituents is 1. The van der Waals surface area contributed by atoms with Crippen molar-refractivity contribution in [2.24, 2.45) is 0 Å². The molecule has 0 heterocycles. The van der Waals surface area contributed by atoms with Crippen LogP contribution in [0.3, 0.4) is 0 Å². The number of halogens is 4. The maximum absolute atomic E-state index is 13.2. The molecule has 0 amide bonds. The third-order valence-corrected chi connectivity index (χ3v) is 2.43. The van der Waals surface area contributed by atoms with Crippen molar-refractivity contribution in [3.05, 3.63) is 53.8 Å². The molecule has 0 aliphatic carbocycles. The van der Waals surface area contributed by atoms with Gasteiger partial charge >= 0.3 is 6.18 Å². The fraction of sp³-hybridized carbons (Fsp3) is 0.0769. The zero-order chi connectivity index (χ0) is 13.3. The maximum Gasteiger partial charge on any atom is 0.416 e. The Morgan fingerprint density at radius 2 is 1.44 bits per heavy atom. The van der Waals surface area contributed by atoms with Crippen molar-refractivity contribution in [3.63, 3.8) is 0 Å². The van der Waals surface area contributed by atoms with Gasteiger partial charge in [0.1, 0.15) is 11.6 Å². The van der Waals surface area contributed by atoms with Crippen LogP contribution in [-0.2, 0) is 6.18 Å². The molecule has 18 heavy (non-hydrogen) atoms. The van der Waals surface area contributed by atoms with Gasteiger partial charge < -0.3 is 5.11 Å². The zero-order valence-corrected chi connectivity index (χ0v) is 9.00. The number of alkyl halides is 3. The van der Waals surface area contributed by atoms with E-state index in [1.807, 2.05) is 0 Å². The summed E-state index contributed by atoms with van der Waals surface area (Å²) in [5.74, 6) is -0.959. The predicted molar refractivity (Wildman–Crippen MR) is 58.5 cm³/mol. The molecule has 2 rings (SSSR count). The van der Waals surface area contributed by atoms with Crippen molar-refractivity contribution in [2.45, 2.75) is 6.18 Å². The molecule has 0 unspecified atom stereocenters. The molecule has 0 atom stereocenters. The van der Waals surface area contributed by atoms with Crippen LogP contribution in [0, 0.1) is 5.82 Å². The molecular weight excluding hydrogens is 248 g/mol. The lowest BCUT2D eigenvalue weighted by Crippen LogP contribution is -2.05. The van der Waals surface area contributed by atoms with E-state index in [0.717, 1.165) is 12.1 Å². The van der Waals surface area contributed by atoms with Crippen LogP contribution in [0.1, 0.15) is 5.56 Å². The van der Waals surface area contributed by atoms with Crippen LogP contribution in [0.4, 0.5) is 17.6 Å². The number of phenols is 1. The normalized spacial score (nSPS) is 11.6. The van der Waals surface area contributed by atoms with Crippen LogP contribution in [0.5, 0.6) is 5.75 Å². The lowest BCUT2D eigenvalue weighted by atomic mass is 10.0. The summed E-state index contributed by atoms with van der Waals surface area (Å²) in [6.45, 7) is 0. The summed E-state index contributed by atoms with van der Waals surface area (Å²) in [7, 11) is 0. The van der Waals surface area contributed by atoms with Gasteiger partial charge in [0, 0.05) is 0 Å². The second-order valence-corrected chi connectivity index (χ2v) is 3.77. The first-order valence-electron chi connectivity index (χ1n) is 5.03. The summed E-state index contributed by atoms with van der Waals surface area (Å²) in [4.78, 5) is 0. The zero-order valence-electron chi connectivity index (χ0n) is 9.00. The Balaban J connectivity index is 2.52. The van der Waals surface area contributed by atoms with Crippen molar-refractivity contribution in [1.82, 2.24) is 0 Å². The van der Waals surface area contributed by atoms with Crippen LogP contribution < -0.4 is 0 Å². The summed E-state index contributed by atoms with van der Waals surface area (Å²) in [5.41, 5.74) is -0.522. The van der Waals surface area contributed by atoms with E-state index < -0.39 is 17.6 Å². The van der Waals surface area contributed by atoms with Crippen molar-refractivity contribution in [3.8, 4) is 16.9 Å². The summed E-state index contributed by atoms with van der Waals surface area (Å²) in [6, 6.07) is 7.83. The van der Waals surface area contributed by atoms with E-state index in [1.54, 1.807) is 0 Å². The minimum Gasteiger partial charge on any atom is -0.508 e. The molecule has 0 fully saturated rings. The lowest BCUT2D eigenvalue weighted by molar-refractivity contribution is -0.137. The number of hydrogen-bond acceptors (Lipinski definition) is 1. The lowest BCUT2D eigenvalue weighted by Gasteiger charge is -2.09. The highest BCUT2D eigenvalue weighted by molar-refractivity contribution is 5.65. The second-order valence-electron chi connectivity index (χ2n) is 3.77. The molecule has 0 bridgehead atoms. The smallest absolute Gasteiger partial charge is 0.416 e. The van der Waals surface area contributed by atoms with E-state index >= 15 is 0 Å². The van der Waals surface area contributed by atoms with Gasteiger partial charge in [0.25, 0.3) is 0 Å². The number of benzene rings is 2. The van der Waals surface area contributed by atoms with Gasteiger partial charge in [-0.05, 0) is 41.5 Å².